The van der Waals surface area contributed by atoms with E-state index in [-0.39, 0.29) is 36.0 Å². The van der Waals surface area contributed by atoms with E-state index >= 15 is 0 Å². The van der Waals surface area contributed by atoms with Crippen LogP contribution < -0.4 is 21.2 Å². The number of amides is 1. The molecule has 28 heavy (non-hydrogen) atoms. The van der Waals surface area contributed by atoms with Crippen LogP contribution in [0.25, 0.3) is 10.8 Å². The van der Waals surface area contributed by atoms with Gasteiger partial charge in [0.1, 0.15) is 5.75 Å². The van der Waals surface area contributed by atoms with Crippen LogP contribution in [0.2, 0.25) is 0 Å². The summed E-state index contributed by atoms with van der Waals surface area (Å²) in [5.41, 5.74) is 0.318. The molecule has 7 heteroatoms. The van der Waals surface area contributed by atoms with E-state index in [1.807, 2.05) is 31.2 Å². The van der Waals surface area contributed by atoms with Gasteiger partial charge >= 0.3 is 0 Å². The SMILES string of the molecule is CCC(NC(=O)CCn1[nH]c(=O)c2ccccc2c1=O)c1ccc(OC)cc1. The van der Waals surface area contributed by atoms with Gasteiger partial charge in [0.05, 0.1) is 30.5 Å². The lowest BCUT2D eigenvalue weighted by Crippen LogP contribution is -2.33. The second-order valence-electron chi connectivity index (χ2n) is 6.49. The number of nitrogens with one attached hydrogen (secondary N) is 2. The Bertz CT molecular complexity index is 1080. The monoisotopic (exact) mass is 381 g/mol. The van der Waals surface area contributed by atoms with Gasteiger partial charge in [-0.05, 0) is 36.2 Å². The maximum absolute atomic E-state index is 12.5. The summed E-state index contributed by atoms with van der Waals surface area (Å²) in [4.78, 5) is 37.0. The molecule has 2 N–H and O–H groups in total. The third kappa shape index (κ3) is 4.14. The highest BCUT2D eigenvalue weighted by Gasteiger charge is 2.14. The summed E-state index contributed by atoms with van der Waals surface area (Å²) >= 11 is 0. The lowest BCUT2D eigenvalue weighted by atomic mass is 10.0. The summed E-state index contributed by atoms with van der Waals surface area (Å²) in [6.07, 6.45) is 0.811. The summed E-state index contributed by atoms with van der Waals surface area (Å²) in [5, 5.41) is 6.21. The van der Waals surface area contributed by atoms with Crippen LogP contribution in [0.5, 0.6) is 5.75 Å². The first-order valence-electron chi connectivity index (χ1n) is 9.18. The Balaban J connectivity index is 1.69. The van der Waals surface area contributed by atoms with Gasteiger partial charge in [-0.25, -0.2) is 4.68 Å². The number of benzene rings is 2. The highest BCUT2D eigenvalue weighted by Crippen LogP contribution is 2.20. The van der Waals surface area contributed by atoms with Gasteiger partial charge in [0.25, 0.3) is 11.1 Å². The van der Waals surface area contributed by atoms with Crippen LogP contribution in [0.3, 0.4) is 0 Å². The number of carbonyl (C=O) groups excluding carboxylic acids is 1. The van der Waals surface area contributed by atoms with E-state index in [1.54, 1.807) is 31.4 Å². The van der Waals surface area contributed by atoms with Crippen molar-refractivity contribution in [3.63, 3.8) is 0 Å². The van der Waals surface area contributed by atoms with E-state index in [0.29, 0.717) is 10.8 Å². The molecule has 2 aromatic carbocycles. The molecule has 0 spiro atoms. The molecule has 3 aromatic rings. The van der Waals surface area contributed by atoms with Gasteiger partial charge in [0, 0.05) is 6.42 Å². The van der Waals surface area contributed by atoms with Crippen LogP contribution in [-0.4, -0.2) is 22.8 Å². The highest BCUT2D eigenvalue weighted by atomic mass is 16.5. The first-order chi connectivity index (χ1) is 13.5. The lowest BCUT2D eigenvalue weighted by molar-refractivity contribution is -0.122. The first-order valence-corrected chi connectivity index (χ1v) is 9.18. The predicted octanol–water partition coefficient (Wildman–Crippen LogP) is 2.36. The quantitative estimate of drug-likeness (QED) is 0.657. The summed E-state index contributed by atoms with van der Waals surface area (Å²) in [5.74, 6) is 0.563. The standard InChI is InChI=1S/C21H23N3O4/c1-3-18(14-8-10-15(28-2)11-9-14)22-19(25)12-13-24-21(27)17-7-5-4-6-16(17)20(26)23-24/h4-11,18H,3,12-13H2,1-2H3,(H,22,25)(H,23,26). The fourth-order valence-electron chi connectivity index (χ4n) is 3.14. The Kier molecular flexibility index (Phi) is 5.93. The number of aromatic amines is 1. The van der Waals surface area contributed by atoms with Crippen molar-refractivity contribution in [3.8, 4) is 5.75 Å². The molecule has 0 saturated carbocycles. The zero-order valence-corrected chi connectivity index (χ0v) is 15.9. The average molecular weight is 381 g/mol. The van der Waals surface area contributed by atoms with Crippen LogP contribution in [0.4, 0.5) is 0 Å². The summed E-state index contributed by atoms with van der Waals surface area (Å²) in [7, 11) is 1.60. The largest absolute Gasteiger partial charge is 0.497 e. The summed E-state index contributed by atoms with van der Waals surface area (Å²) in [6.45, 7) is 2.09. The molecule has 0 saturated heterocycles. The summed E-state index contributed by atoms with van der Waals surface area (Å²) in [6, 6.07) is 14.0. The van der Waals surface area contributed by atoms with Gasteiger partial charge in [-0.3, -0.25) is 19.5 Å². The molecule has 3 rings (SSSR count). The molecule has 0 fully saturated rings. The van der Waals surface area contributed by atoms with Crippen molar-refractivity contribution in [2.75, 3.05) is 7.11 Å². The van der Waals surface area contributed by atoms with Crippen molar-refractivity contribution >= 4 is 16.7 Å². The Morgan fingerprint density at radius 3 is 2.43 bits per heavy atom. The lowest BCUT2D eigenvalue weighted by Gasteiger charge is -2.18. The molecule has 1 heterocycles. The van der Waals surface area contributed by atoms with Crippen LogP contribution in [-0.2, 0) is 11.3 Å². The number of fused-ring (bicyclic) bond motifs is 1. The molecule has 0 aliphatic rings. The maximum atomic E-state index is 12.5. The number of aryl methyl sites for hydroxylation is 1. The molecule has 0 aliphatic heterocycles. The number of methoxy groups -OCH3 is 1. The van der Waals surface area contributed by atoms with Gasteiger partial charge in [-0.2, -0.15) is 0 Å². The molecule has 1 atom stereocenters. The minimum Gasteiger partial charge on any atom is -0.497 e. The van der Waals surface area contributed by atoms with Crippen molar-refractivity contribution in [3.05, 3.63) is 74.8 Å². The molecule has 146 valence electrons. The van der Waals surface area contributed by atoms with E-state index in [4.69, 9.17) is 4.74 Å². The second-order valence-corrected chi connectivity index (χ2v) is 6.49. The number of nitrogens with zero attached hydrogens (tertiary/aromatic N) is 1. The van der Waals surface area contributed by atoms with Crippen molar-refractivity contribution < 1.29 is 9.53 Å². The van der Waals surface area contributed by atoms with Crippen molar-refractivity contribution in [2.24, 2.45) is 0 Å². The second kappa shape index (κ2) is 8.56. The zero-order chi connectivity index (χ0) is 20.1. The molecule has 1 unspecified atom stereocenters. The normalized spacial score (nSPS) is 11.9. The third-order valence-corrected chi connectivity index (χ3v) is 4.71. The van der Waals surface area contributed by atoms with Gasteiger partial charge in [0.15, 0.2) is 0 Å². The van der Waals surface area contributed by atoms with Crippen molar-refractivity contribution in [1.29, 1.82) is 0 Å². The van der Waals surface area contributed by atoms with Crippen LogP contribution >= 0.6 is 0 Å². The topological polar surface area (TPSA) is 93.2 Å². The third-order valence-electron chi connectivity index (χ3n) is 4.71. The average Bonchev–Trinajstić information content (AvgIpc) is 2.73. The van der Waals surface area contributed by atoms with Gasteiger partial charge < -0.3 is 10.1 Å². The zero-order valence-electron chi connectivity index (χ0n) is 15.9. The van der Waals surface area contributed by atoms with E-state index < -0.39 is 0 Å². The Labute approximate surface area is 161 Å². The van der Waals surface area contributed by atoms with Crippen molar-refractivity contribution in [1.82, 2.24) is 15.1 Å². The molecule has 1 aromatic heterocycles. The molecular weight excluding hydrogens is 358 g/mol. The number of rotatable bonds is 7. The van der Waals surface area contributed by atoms with Crippen molar-refractivity contribution in [2.45, 2.75) is 32.4 Å². The fourth-order valence-corrected chi connectivity index (χ4v) is 3.14. The van der Waals surface area contributed by atoms with Crippen LogP contribution in [0.1, 0.15) is 31.4 Å². The molecule has 0 aliphatic carbocycles. The number of aromatic nitrogens is 2. The maximum Gasteiger partial charge on any atom is 0.273 e. The number of hydrogen-bond donors (Lipinski definition) is 2. The first kappa shape index (κ1) is 19.4. The molecule has 0 bridgehead atoms. The number of H-pyrrole nitrogens is 1. The van der Waals surface area contributed by atoms with Gasteiger partial charge in [-0.15, -0.1) is 0 Å². The Morgan fingerprint density at radius 2 is 1.79 bits per heavy atom. The Morgan fingerprint density at radius 1 is 1.11 bits per heavy atom. The fraction of sp³-hybridized carbons (Fsp3) is 0.286. The van der Waals surface area contributed by atoms with Crippen LogP contribution in [0.15, 0.2) is 58.1 Å². The smallest absolute Gasteiger partial charge is 0.273 e. The molecule has 0 radical (unpaired) electrons. The minimum atomic E-state index is -0.347. The highest BCUT2D eigenvalue weighted by molar-refractivity contribution is 5.80. The van der Waals surface area contributed by atoms with Gasteiger partial charge in [0.2, 0.25) is 5.91 Å². The van der Waals surface area contributed by atoms with E-state index in [9.17, 15) is 14.4 Å². The molecule has 7 nitrogen and oxygen atoms in total. The van der Waals surface area contributed by atoms with E-state index in [1.165, 1.54) is 4.68 Å². The molecule has 1 amide bonds. The van der Waals surface area contributed by atoms with Crippen LogP contribution in [0, 0.1) is 0 Å². The number of ether oxygens (including phenoxy) is 1. The molecular formula is C21H23N3O4. The number of carbonyl (C=O) groups is 1. The van der Waals surface area contributed by atoms with E-state index in [0.717, 1.165) is 17.7 Å². The van der Waals surface area contributed by atoms with Gasteiger partial charge in [-0.1, -0.05) is 31.2 Å². The summed E-state index contributed by atoms with van der Waals surface area (Å²) < 4.78 is 6.35. The number of hydrogen-bond acceptors (Lipinski definition) is 4. The van der Waals surface area contributed by atoms with E-state index in [2.05, 4.69) is 10.4 Å². The Hall–Kier alpha value is -3.35. The minimum absolute atomic E-state index is 0.0842. The predicted molar refractivity (Wildman–Crippen MR) is 108 cm³/mol.